The lowest BCUT2D eigenvalue weighted by molar-refractivity contribution is 0.193. The van der Waals surface area contributed by atoms with E-state index >= 15 is 0 Å². The Hall–Kier alpha value is -2.46. The molecule has 0 spiro atoms. The Bertz CT molecular complexity index is 793. The quantitative estimate of drug-likeness (QED) is 0.682. The van der Waals surface area contributed by atoms with Gasteiger partial charge < -0.3 is 9.30 Å². The fraction of sp³-hybridized carbons (Fsp3) is 0.333. The highest BCUT2D eigenvalue weighted by atomic mass is 16.5. The van der Waals surface area contributed by atoms with Gasteiger partial charge in [0.25, 0.3) is 0 Å². The van der Waals surface area contributed by atoms with Gasteiger partial charge >= 0.3 is 0 Å². The highest BCUT2D eigenvalue weighted by Gasteiger charge is 2.25. The first-order chi connectivity index (χ1) is 12.4. The molecular formula is C21H23N3O. The Balaban J connectivity index is 1.56. The first-order valence-electron chi connectivity index (χ1n) is 8.99. The van der Waals surface area contributed by atoms with Crippen LogP contribution in [0.1, 0.15) is 30.0 Å². The molecule has 0 saturated carbocycles. The lowest BCUT2D eigenvalue weighted by Gasteiger charge is -2.15. The number of benzene rings is 1. The van der Waals surface area contributed by atoms with E-state index in [1.165, 1.54) is 16.8 Å². The van der Waals surface area contributed by atoms with Gasteiger partial charge in [-0.15, -0.1) is 0 Å². The molecule has 0 N–H and O–H groups in total. The van der Waals surface area contributed by atoms with Crippen LogP contribution in [0.5, 0.6) is 0 Å². The molecule has 1 aromatic carbocycles. The summed E-state index contributed by atoms with van der Waals surface area (Å²) in [5, 5.41) is 0. The molecule has 3 heterocycles. The predicted octanol–water partition coefficient (Wildman–Crippen LogP) is 4.08. The molecule has 3 aromatic rings. The second-order valence-corrected chi connectivity index (χ2v) is 6.56. The highest BCUT2D eigenvalue weighted by molar-refractivity contribution is 5.62. The Morgan fingerprint density at radius 1 is 1.12 bits per heavy atom. The zero-order valence-electron chi connectivity index (χ0n) is 14.3. The fourth-order valence-corrected chi connectivity index (χ4v) is 3.57. The SMILES string of the molecule is c1ccc(-c2ncn(CCCc3cccnc3)c2C2CCOC2)cc1. The average molecular weight is 333 g/mol. The number of nitrogens with zero attached hydrogens (tertiary/aromatic N) is 3. The summed E-state index contributed by atoms with van der Waals surface area (Å²) in [4.78, 5) is 8.95. The zero-order chi connectivity index (χ0) is 16.9. The number of aromatic nitrogens is 3. The van der Waals surface area contributed by atoms with E-state index in [2.05, 4.69) is 39.9 Å². The second kappa shape index (κ2) is 7.62. The Kier molecular flexibility index (Phi) is 4.89. The van der Waals surface area contributed by atoms with E-state index in [0.29, 0.717) is 5.92 Å². The molecule has 2 aromatic heterocycles. The minimum absolute atomic E-state index is 0.441. The number of hydrogen-bond donors (Lipinski definition) is 0. The largest absolute Gasteiger partial charge is 0.381 e. The summed E-state index contributed by atoms with van der Waals surface area (Å²) in [6.45, 7) is 2.62. The third kappa shape index (κ3) is 3.64. The van der Waals surface area contributed by atoms with Crippen LogP contribution in [0.25, 0.3) is 11.3 Å². The van der Waals surface area contributed by atoms with Crippen molar-refractivity contribution in [3.05, 3.63) is 72.4 Å². The van der Waals surface area contributed by atoms with E-state index in [4.69, 9.17) is 9.72 Å². The monoisotopic (exact) mass is 333 g/mol. The van der Waals surface area contributed by atoms with Crippen molar-refractivity contribution in [1.82, 2.24) is 14.5 Å². The number of aryl methyl sites for hydroxylation is 2. The van der Waals surface area contributed by atoms with Crippen molar-refractivity contribution >= 4 is 0 Å². The van der Waals surface area contributed by atoms with Crippen molar-refractivity contribution in [2.24, 2.45) is 0 Å². The van der Waals surface area contributed by atoms with Gasteiger partial charge in [0.15, 0.2) is 0 Å². The van der Waals surface area contributed by atoms with Crippen molar-refractivity contribution in [2.75, 3.05) is 13.2 Å². The summed E-state index contributed by atoms with van der Waals surface area (Å²) in [6, 6.07) is 14.6. The van der Waals surface area contributed by atoms with E-state index < -0.39 is 0 Å². The molecular weight excluding hydrogens is 310 g/mol. The van der Waals surface area contributed by atoms with Crippen LogP contribution in [-0.4, -0.2) is 27.7 Å². The van der Waals surface area contributed by atoms with Gasteiger partial charge in [-0.3, -0.25) is 4.98 Å². The summed E-state index contributed by atoms with van der Waals surface area (Å²) in [5.41, 5.74) is 4.92. The molecule has 1 saturated heterocycles. The molecule has 1 aliphatic heterocycles. The third-order valence-electron chi connectivity index (χ3n) is 4.83. The highest BCUT2D eigenvalue weighted by Crippen LogP contribution is 2.33. The average Bonchev–Trinajstić information content (AvgIpc) is 3.33. The van der Waals surface area contributed by atoms with Gasteiger partial charge in [-0.05, 0) is 30.9 Å². The fourth-order valence-electron chi connectivity index (χ4n) is 3.57. The Labute approximate surface area is 148 Å². The number of pyridine rings is 1. The zero-order valence-corrected chi connectivity index (χ0v) is 14.3. The van der Waals surface area contributed by atoms with Crippen molar-refractivity contribution in [2.45, 2.75) is 31.7 Å². The van der Waals surface area contributed by atoms with Crippen LogP contribution in [0.2, 0.25) is 0 Å². The maximum Gasteiger partial charge on any atom is 0.0956 e. The first-order valence-corrected chi connectivity index (χ1v) is 8.99. The minimum Gasteiger partial charge on any atom is -0.381 e. The van der Waals surface area contributed by atoms with Crippen molar-refractivity contribution in [3.63, 3.8) is 0 Å². The van der Waals surface area contributed by atoms with E-state index in [9.17, 15) is 0 Å². The minimum atomic E-state index is 0.441. The molecule has 4 nitrogen and oxygen atoms in total. The van der Waals surface area contributed by atoms with Gasteiger partial charge in [0.05, 0.1) is 24.3 Å². The molecule has 128 valence electrons. The van der Waals surface area contributed by atoms with Crippen LogP contribution in [0.15, 0.2) is 61.2 Å². The normalized spacial score (nSPS) is 17.0. The number of ether oxygens (including phenoxy) is 1. The van der Waals surface area contributed by atoms with E-state index in [-0.39, 0.29) is 0 Å². The topological polar surface area (TPSA) is 39.9 Å². The van der Waals surface area contributed by atoms with Gasteiger partial charge in [-0.1, -0.05) is 36.4 Å². The smallest absolute Gasteiger partial charge is 0.0956 e. The molecule has 0 bridgehead atoms. The Morgan fingerprint density at radius 3 is 2.80 bits per heavy atom. The first kappa shape index (κ1) is 16.0. The molecule has 0 aliphatic carbocycles. The summed E-state index contributed by atoms with van der Waals surface area (Å²) in [5.74, 6) is 0.441. The molecule has 0 radical (unpaired) electrons. The third-order valence-corrected chi connectivity index (χ3v) is 4.83. The van der Waals surface area contributed by atoms with Gasteiger partial charge in [-0.2, -0.15) is 0 Å². The molecule has 1 unspecified atom stereocenters. The van der Waals surface area contributed by atoms with Crippen molar-refractivity contribution in [3.8, 4) is 11.3 Å². The van der Waals surface area contributed by atoms with Crippen LogP contribution < -0.4 is 0 Å². The molecule has 0 amide bonds. The van der Waals surface area contributed by atoms with Gasteiger partial charge in [0, 0.05) is 37.0 Å². The summed E-state index contributed by atoms with van der Waals surface area (Å²) in [7, 11) is 0. The predicted molar refractivity (Wildman–Crippen MR) is 98.4 cm³/mol. The molecule has 1 aliphatic rings. The molecule has 4 rings (SSSR count). The van der Waals surface area contributed by atoms with E-state index in [0.717, 1.165) is 44.7 Å². The number of hydrogen-bond acceptors (Lipinski definition) is 3. The summed E-state index contributed by atoms with van der Waals surface area (Å²) >= 11 is 0. The summed E-state index contributed by atoms with van der Waals surface area (Å²) in [6.07, 6.45) is 8.97. The molecule has 25 heavy (non-hydrogen) atoms. The molecule has 4 heteroatoms. The lowest BCUT2D eigenvalue weighted by atomic mass is 9.99. The lowest BCUT2D eigenvalue weighted by Crippen LogP contribution is -2.09. The van der Waals surface area contributed by atoms with Crippen molar-refractivity contribution in [1.29, 1.82) is 0 Å². The molecule has 1 fully saturated rings. The number of imidazole rings is 1. The van der Waals surface area contributed by atoms with Gasteiger partial charge in [0.1, 0.15) is 0 Å². The Morgan fingerprint density at radius 2 is 2.04 bits per heavy atom. The van der Waals surface area contributed by atoms with Gasteiger partial charge in [-0.25, -0.2) is 4.98 Å². The van der Waals surface area contributed by atoms with Crippen LogP contribution in [0.4, 0.5) is 0 Å². The van der Waals surface area contributed by atoms with Crippen LogP contribution >= 0.6 is 0 Å². The maximum absolute atomic E-state index is 5.65. The van der Waals surface area contributed by atoms with E-state index in [1.54, 1.807) is 0 Å². The van der Waals surface area contributed by atoms with Crippen LogP contribution in [-0.2, 0) is 17.7 Å². The van der Waals surface area contributed by atoms with Gasteiger partial charge in [0.2, 0.25) is 0 Å². The summed E-state index contributed by atoms with van der Waals surface area (Å²) < 4.78 is 7.98. The van der Waals surface area contributed by atoms with Crippen molar-refractivity contribution < 1.29 is 4.74 Å². The second-order valence-electron chi connectivity index (χ2n) is 6.56. The van der Waals surface area contributed by atoms with E-state index in [1.807, 2.05) is 30.9 Å². The van der Waals surface area contributed by atoms with Crippen LogP contribution in [0, 0.1) is 0 Å². The molecule has 1 atom stereocenters. The maximum atomic E-state index is 5.65. The standard InChI is InChI=1S/C21H23N3O/c1-2-8-18(9-3-1)20-21(19-10-13-25-15-19)24(16-23-20)12-5-7-17-6-4-11-22-14-17/h1-4,6,8-9,11,14,16,19H,5,7,10,12-13,15H2. The number of rotatable bonds is 6. The van der Waals surface area contributed by atoms with Crippen LogP contribution in [0.3, 0.4) is 0 Å².